The molecule has 4 aliphatic heterocycles. The second-order valence-electron chi connectivity index (χ2n) is 19.8. The molecule has 2 aliphatic carbocycles. The highest BCUT2D eigenvalue weighted by molar-refractivity contribution is 8.77. The van der Waals surface area contributed by atoms with Crippen LogP contribution in [0.1, 0.15) is 90.7 Å². The molecule has 10 unspecified atom stereocenters. The predicted molar refractivity (Wildman–Crippen MR) is 255 cm³/mol. The maximum atomic E-state index is 14.6. The van der Waals surface area contributed by atoms with Crippen molar-refractivity contribution in [1.82, 2.24) is 15.5 Å². The van der Waals surface area contributed by atoms with E-state index in [2.05, 4.69) is 30.6 Å². The van der Waals surface area contributed by atoms with Gasteiger partial charge in [-0.2, -0.15) is 0 Å². The van der Waals surface area contributed by atoms with E-state index in [9.17, 15) is 29.4 Å². The van der Waals surface area contributed by atoms with Gasteiger partial charge in [0, 0.05) is 84.0 Å². The third-order valence-corrected chi connectivity index (χ3v) is 18.0. The van der Waals surface area contributed by atoms with E-state index < -0.39 is 34.8 Å². The Hall–Kier alpha value is -4.02. The molecule has 15 heteroatoms. The molecule has 0 bridgehead atoms. The summed E-state index contributed by atoms with van der Waals surface area (Å²) in [6, 6.07) is 5.61. The van der Waals surface area contributed by atoms with E-state index in [-0.39, 0.29) is 54.0 Å². The molecule has 1 aromatic carbocycles. The zero-order valence-corrected chi connectivity index (χ0v) is 40.2. The summed E-state index contributed by atoms with van der Waals surface area (Å²) in [6.07, 6.45) is 11.0. The second kappa shape index (κ2) is 19.3. The van der Waals surface area contributed by atoms with Gasteiger partial charge in [0.15, 0.2) is 11.2 Å². The Labute approximate surface area is 389 Å². The zero-order valence-electron chi connectivity index (χ0n) is 38.5. The van der Waals surface area contributed by atoms with Gasteiger partial charge < -0.3 is 50.2 Å². The van der Waals surface area contributed by atoms with Gasteiger partial charge in [-0.05, 0) is 113 Å². The number of fused-ring (bicyclic) bond motifs is 5. The number of aldehydes is 1. The van der Waals surface area contributed by atoms with E-state index in [0.717, 1.165) is 35.0 Å². The van der Waals surface area contributed by atoms with Gasteiger partial charge in [-0.3, -0.25) is 4.79 Å². The van der Waals surface area contributed by atoms with Crippen LogP contribution in [0.15, 0.2) is 73.8 Å². The number of nitrogens with two attached hydrogens (primary N) is 1. The minimum atomic E-state index is -1.23. The number of hydrogen-bond acceptors (Lipinski definition) is 14. The summed E-state index contributed by atoms with van der Waals surface area (Å²) in [4.78, 5) is 56.4. The van der Waals surface area contributed by atoms with Crippen LogP contribution >= 0.6 is 21.6 Å². The van der Waals surface area contributed by atoms with Gasteiger partial charge in [0.1, 0.15) is 17.6 Å². The van der Waals surface area contributed by atoms with Gasteiger partial charge >= 0.3 is 11.6 Å². The van der Waals surface area contributed by atoms with Crippen LogP contribution in [0.4, 0.5) is 0 Å². The van der Waals surface area contributed by atoms with E-state index in [1.54, 1.807) is 47.6 Å². The molecule has 10 atom stereocenters. The Kier molecular flexibility index (Phi) is 14.1. The van der Waals surface area contributed by atoms with Crippen molar-refractivity contribution >= 4 is 50.7 Å². The van der Waals surface area contributed by atoms with Crippen molar-refractivity contribution in [2.75, 3.05) is 32.5 Å². The summed E-state index contributed by atoms with van der Waals surface area (Å²) in [7, 11) is 5.37. The van der Waals surface area contributed by atoms with Crippen molar-refractivity contribution in [3.05, 3.63) is 86.1 Å². The summed E-state index contributed by atoms with van der Waals surface area (Å²) < 4.78 is 20.0. The van der Waals surface area contributed by atoms with Crippen molar-refractivity contribution in [1.29, 1.82) is 0 Å². The number of rotatable bonds is 13. The molecule has 1 aromatic heterocycles. The SMILES string of the molecule is CC=C(C)C(=O)OC1(C)CC=C2CSSC3CC(C=O)C(NC)C4CN(C(=O)CC5=C(C=C(N)NC5)C2C12Cc1cc5cc(CC(CO)CCC(O)CCC(C)C)c(=O)oc5cc1O2)C34. The number of dihydropyridines is 1. The average molecular weight is 931 g/mol. The third-order valence-electron chi connectivity index (χ3n) is 15.2. The first-order valence-electron chi connectivity index (χ1n) is 23.4. The molecule has 352 valence electrons. The fraction of sp³-hybridized carbons (Fsp3) is 0.600. The Balaban J connectivity index is 1.19. The number of amides is 1. The van der Waals surface area contributed by atoms with Crippen LogP contribution in [0, 0.1) is 29.6 Å². The Morgan fingerprint density at radius 1 is 1.18 bits per heavy atom. The Bertz CT molecular complexity index is 2380. The number of carbonyl (C=O) groups is 3. The Morgan fingerprint density at radius 2 is 1.97 bits per heavy atom. The average Bonchev–Trinajstić information content (AvgIpc) is 3.64. The van der Waals surface area contributed by atoms with Gasteiger partial charge in [0.2, 0.25) is 5.91 Å². The van der Waals surface area contributed by atoms with Gasteiger partial charge in [0.05, 0.1) is 30.3 Å². The Morgan fingerprint density at radius 3 is 2.69 bits per heavy atom. The fourth-order valence-electron chi connectivity index (χ4n) is 11.3. The summed E-state index contributed by atoms with van der Waals surface area (Å²) in [5.41, 5.74) is 8.59. The minimum absolute atomic E-state index is 0.0127. The topological polar surface area (TPSA) is 194 Å². The van der Waals surface area contributed by atoms with Crippen molar-refractivity contribution in [2.45, 2.75) is 127 Å². The first-order chi connectivity index (χ1) is 31.1. The maximum absolute atomic E-state index is 14.6. The summed E-state index contributed by atoms with van der Waals surface area (Å²) >= 11 is 0. The maximum Gasteiger partial charge on any atom is 0.339 e. The van der Waals surface area contributed by atoms with Crippen molar-refractivity contribution in [3.63, 3.8) is 0 Å². The lowest BCUT2D eigenvalue weighted by molar-refractivity contribution is -0.186. The quantitative estimate of drug-likeness (QED) is 0.0398. The van der Waals surface area contributed by atoms with Crippen LogP contribution in [-0.2, 0) is 32.0 Å². The summed E-state index contributed by atoms with van der Waals surface area (Å²) in [5, 5.41) is 28.4. The molecule has 6 aliphatic rings. The smallest absolute Gasteiger partial charge is 0.339 e. The van der Waals surface area contributed by atoms with E-state index >= 15 is 0 Å². The molecule has 2 fully saturated rings. The molecule has 1 saturated carbocycles. The number of hydrogen-bond donors (Lipinski definition) is 5. The first kappa shape index (κ1) is 47.5. The minimum Gasteiger partial charge on any atom is -0.481 e. The van der Waals surface area contributed by atoms with Crippen molar-refractivity contribution < 1.29 is 38.5 Å². The van der Waals surface area contributed by atoms with E-state index in [1.807, 2.05) is 37.1 Å². The number of esters is 1. The predicted octanol–water partition coefficient (Wildman–Crippen LogP) is 5.90. The van der Waals surface area contributed by atoms with Crippen LogP contribution in [0.25, 0.3) is 11.0 Å². The third kappa shape index (κ3) is 9.08. The van der Waals surface area contributed by atoms with Crippen LogP contribution in [0.3, 0.4) is 0 Å². The lowest BCUT2D eigenvalue weighted by atomic mass is 9.61. The van der Waals surface area contributed by atoms with Gasteiger partial charge in [0.25, 0.3) is 0 Å². The lowest BCUT2D eigenvalue weighted by Gasteiger charge is -2.58. The number of ether oxygens (including phenoxy) is 2. The molecule has 5 heterocycles. The number of aliphatic hydroxyl groups excluding tert-OH is 2. The molecule has 1 saturated heterocycles. The summed E-state index contributed by atoms with van der Waals surface area (Å²) in [6.45, 7) is 10.5. The highest BCUT2D eigenvalue weighted by Gasteiger charge is 2.64. The highest BCUT2D eigenvalue weighted by atomic mass is 33.1. The molecule has 65 heavy (non-hydrogen) atoms. The van der Waals surface area contributed by atoms with Crippen LogP contribution in [-0.4, -0.2) is 100 Å². The molecule has 1 amide bonds. The highest BCUT2D eigenvalue weighted by Crippen LogP contribution is 2.58. The molecule has 1 spiro atoms. The molecule has 6 N–H and O–H groups in total. The van der Waals surface area contributed by atoms with Crippen LogP contribution < -0.4 is 26.7 Å². The fourth-order valence-corrected chi connectivity index (χ4v) is 14.5. The van der Waals surface area contributed by atoms with Crippen LogP contribution in [0.5, 0.6) is 5.75 Å². The number of benzene rings is 1. The number of allylic oxidation sites excluding steroid dienone is 2. The molecular weight excluding hydrogens is 865 g/mol. The normalized spacial score (nSPS) is 30.9. The van der Waals surface area contributed by atoms with Crippen molar-refractivity contribution in [3.8, 4) is 5.75 Å². The molecule has 0 radical (unpaired) electrons. The van der Waals surface area contributed by atoms with E-state index in [1.165, 1.54) is 0 Å². The molecular formula is C50H66N4O9S2. The number of aliphatic hydroxyl groups is 2. The van der Waals surface area contributed by atoms with E-state index in [4.69, 9.17) is 19.6 Å². The van der Waals surface area contributed by atoms with Gasteiger partial charge in [-0.1, -0.05) is 53.2 Å². The molecule has 8 rings (SSSR count). The van der Waals surface area contributed by atoms with Crippen LogP contribution in [0.2, 0.25) is 0 Å². The number of carbonyl (C=O) groups excluding carboxylic acids is 3. The number of nitrogens with one attached hydrogen (secondary N) is 2. The standard InChI is InChI=1S/C50H66N4O9S2/c1-7-28(4)47(59)63-49(5)13-12-30-26-64-65-41-17-35(25-56)45(52-6)38-23-54(46(38)41)43(58)18-34-22-53-42(51)19-37(34)44(30)50(49)21-33-16-31-15-32(48(60)61-39(31)20-40(33)62-50)14-29(24-55)9-11-36(57)10-8-27(2)3/h7,12,15-16,19-20,25,27,29,35-36,38,41,44-46,52-53,55,57H,8-11,13-14,17-18,21-24,26,51H2,1-6H3. The van der Waals surface area contributed by atoms with Gasteiger partial charge in [-0.25, -0.2) is 9.59 Å². The monoisotopic (exact) mass is 930 g/mol. The van der Waals surface area contributed by atoms with E-state index in [0.29, 0.717) is 103 Å². The number of nitrogens with zero attached hydrogens (tertiary/aromatic N) is 1. The zero-order chi connectivity index (χ0) is 46.4. The first-order valence-corrected chi connectivity index (χ1v) is 25.8. The molecule has 13 nitrogen and oxygen atoms in total. The van der Waals surface area contributed by atoms with Gasteiger partial charge in [-0.15, -0.1) is 0 Å². The summed E-state index contributed by atoms with van der Waals surface area (Å²) in [5.74, 6) is 0.925. The largest absolute Gasteiger partial charge is 0.481 e. The lowest BCUT2D eigenvalue weighted by Crippen LogP contribution is -2.71. The second-order valence-corrected chi connectivity index (χ2v) is 22.4. The molecule has 2 aromatic rings. The van der Waals surface area contributed by atoms with Crippen molar-refractivity contribution in [2.24, 2.45) is 35.3 Å².